The molecule has 1 heterocycles. The van der Waals surface area contributed by atoms with Crippen molar-refractivity contribution in [2.45, 2.75) is 38.8 Å². The summed E-state index contributed by atoms with van der Waals surface area (Å²) in [5, 5.41) is 3.43. The van der Waals surface area contributed by atoms with Gasteiger partial charge in [0.1, 0.15) is 0 Å². The molecule has 2 aliphatic carbocycles. The van der Waals surface area contributed by atoms with Gasteiger partial charge in [-0.3, -0.25) is 0 Å². The monoisotopic (exact) mass is 137 g/mol. The summed E-state index contributed by atoms with van der Waals surface area (Å²) in [7, 11) is 0. The second kappa shape index (κ2) is 1.29. The minimum atomic E-state index is 0.764. The predicted molar refractivity (Wildman–Crippen MR) is 40.7 cm³/mol. The number of hydrogen-bond donors (Lipinski definition) is 1. The standard InChI is InChI=1S/C9H15N/c1-3-9(2)4-5(9)6-7-8(6)10-7/h5-8,10H,3-4H2,1-2H3. The lowest BCUT2D eigenvalue weighted by Gasteiger charge is -2.08. The lowest BCUT2D eigenvalue weighted by Crippen LogP contribution is -2.13. The molecular weight excluding hydrogens is 122 g/mol. The van der Waals surface area contributed by atoms with Crippen molar-refractivity contribution < 1.29 is 0 Å². The first-order chi connectivity index (χ1) is 4.76. The largest absolute Gasteiger partial charge is 0.307 e. The van der Waals surface area contributed by atoms with Crippen molar-refractivity contribution in [1.29, 1.82) is 0 Å². The zero-order valence-corrected chi connectivity index (χ0v) is 6.72. The van der Waals surface area contributed by atoms with E-state index in [1.807, 2.05) is 0 Å². The van der Waals surface area contributed by atoms with E-state index < -0.39 is 0 Å². The molecule has 2 saturated carbocycles. The fourth-order valence-corrected chi connectivity index (χ4v) is 2.56. The molecule has 0 aromatic rings. The van der Waals surface area contributed by atoms with Gasteiger partial charge < -0.3 is 5.32 Å². The first-order valence-electron chi connectivity index (χ1n) is 4.52. The lowest BCUT2D eigenvalue weighted by molar-refractivity contribution is 0.418. The van der Waals surface area contributed by atoms with Crippen LogP contribution >= 0.6 is 0 Å². The molecule has 4 unspecified atom stereocenters. The summed E-state index contributed by atoms with van der Waals surface area (Å²) < 4.78 is 0. The highest BCUT2D eigenvalue weighted by Crippen LogP contribution is 2.68. The van der Waals surface area contributed by atoms with Crippen LogP contribution in [-0.2, 0) is 0 Å². The van der Waals surface area contributed by atoms with Crippen molar-refractivity contribution >= 4 is 0 Å². The van der Waals surface area contributed by atoms with E-state index in [1.165, 1.54) is 12.8 Å². The minimum absolute atomic E-state index is 0.764. The third-order valence-electron chi connectivity index (χ3n) is 4.04. The van der Waals surface area contributed by atoms with E-state index in [-0.39, 0.29) is 0 Å². The van der Waals surface area contributed by atoms with Crippen LogP contribution in [0.1, 0.15) is 26.7 Å². The number of fused-ring (bicyclic) bond motifs is 1. The van der Waals surface area contributed by atoms with Crippen LogP contribution in [0.4, 0.5) is 0 Å². The maximum absolute atomic E-state index is 3.43. The lowest BCUT2D eigenvalue weighted by atomic mass is 10.00. The summed E-state index contributed by atoms with van der Waals surface area (Å²) in [6.45, 7) is 4.79. The van der Waals surface area contributed by atoms with Gasteiger partial charge >= 0.3 is 0 Å². The molecule has 1 N–H and O–H groups in total. The molecule has 3 fully saturated rings. The second-order valence-corrected chi connectivity index (χ2v) is 4.61. The number of rotatable bonds is 2. The van der Waals surface area contributed by atoms with Crippen LogP contribution in [0.15, 0.2) is 0 Å². The molecule has 3 rings (SSSR count). The molecule has 1 nitrogen and oxygen atoms in total. The SMILES string of the molecule is CCC1(C)CC1C1C2NC21. The van der Waals surface area contributed by atoms with E-state index in [2.05, 4.69) is 19.2 Å². The highest BCUT2D eigenvalue weighted by molar-refractivity contribution is 5.30. The third-order valence-corrected chi connectivity index (χ3v) is 4.04. The predicted octanol–water partition coefficient (Wildman–Crippen LogP) is 1.39. The fourth-order valence-electron chi connectivity index (χ4n) is 2.56. The molecule has 1 heteroatoms. The topological polar surface area (TPSA) is 21.9 Å². The summed E-state index contributed by atoms with van der Waals surface area (Å²) in [4.78, 5) is 0. The van der Waals surface area contributed by atoms with Gasteiger partial charge in [0.25, 0.3) is 0 Å². The second-order valence-electron chi connectivity index (χ2n) is 4.61. The quantitative estimate of drug-likeness (QED) is 0.571. The van der Waals surface area contributed by atoms with Gasteiger partial charge in [0.15, 0.2) is 0 Å². The van der Waals surface area contributed by atoms with Crippen LogP contribution in [-0.4, -0.2) is 12.1 Å². The Hall–Kier alpha value is -0.0400. The summed E-state index contributed by atoms with van der Waals surface area (Å²) in [5.74, 6) is 2.22. The van der Waals surface area contributed by atoms with Crippen molar-refractivity contribution in [1.82, 2.24) is 5.32 Å². The molecule has 3 aliphatic rings. The number of nitrogens with one attached hydrogen (secondary N) is 1. The van der Waals surface area contributed by atoms with E-state index >= 15 is 0 Å². The average Bonchev–Trinajstić information content (AvgIpc) is 2.63. The van der Waals surface area contributed by atoms with Gasteiger partial charge in [-0.25, -0.2) is 0 Å². The molecule has 4 atom stereocenters. The summed E-state index contributed by atoms with van der Waals surface area (Å²) in [5.41, 5.74) is 0.764. The third kappa shape index (κ3) is 0.493. The molecule has 0 amide bonds. The highest BCUT2D eigenvalue weighted by Gasteiger charge is 2.73. The van der Waals surface area contributed by atoms with E-state index in [4.69, 9.17) is 0 Å². The van der Waals surface area contributed by atoms with Crippen LogP contribution in [0.2, 0.25) is 0 Å². The molecule has 0 aromatic heterocycles. The Labute approximate surface area is 62.2 Å². The molecule has 1 aliphatic heterocycles. The normalized spacial score (nSPS) is 69.0. The summed E-state index contributed by atoms with van der Waals surface area (Å²) in [6.07, 6.45) is 2.91. The van der Waals surface area contributed by atoms with Gasteiger partial charge in [-0.15, -0.1) is 0 Å². The van der Waals surface area contributed by atoms with Gasteiger partial charge in [0.05, 0.1) is 0 Å². The van der Waals surface area contributed by atoms with Crippen LogP contribution in [0.25, 0.3) is 0 Å². The maximum atomic E-state index is 3.43. The van der Waals surface area contributed by atoms with Crippen LogP contribution < -0.4 is 5.32 Å². The Morgan fingerprint density at radius 1 is 1.50 bits per heavy atom. The first kappa shape index (κ1) is 5.59. The molecule has 10 heavy (non-hydrogen) atoms. The Morgan fingerprint density at radius 2 is 2.20 bits per heavy atom. The summed E-state index contributed by atoms with van der Waals surface area (Å²) >= 11 is 0. The van der Waals surface area contributed by atoms with E-state index in [9.17, 15) is 0 Å². The van der Waals surface area contributed by atoms with Crippen molar-refractivity contribution in [2.24, 2.45) is 17.3 Å². The van der Waals surface area contributed by atoms with Gasteiger partial charge in [-0.05, 0) is 23.7 Å². The minimum Gasteiger partial charge on any atom is -0.307 e. The van der Waals surface area contributed by atoms with Gasteiger partial charge in [-0.1, -0.05) is 20.3 Å². The van der Waals surface area contributed by atoms with Crippen LogP contribution in [0.5, 0.6) is 0 Å². The van der Waals surface area contributed by atoms with E-state index in [1.54, 1.807) is 0 Å². The molecule has 0 radical (unpaired) electrons. The van der Waals surface area contributed by atoms with Crippen LogP contribution in [0, 0.1) is 17.3 Å². The van der Waals surface area contributed by atoms with E-state index in [0.29, 0.717) is 0 Å². The zero-order valence-electron chi connectivity index (χ0n) is 6.72. The van der Waals surface area contributed by atoms with Gasteiger partial charge in [-0.2, -0.15) is 0 Å². The molecule has 0 bridgehead atoms. The van der Waals surface area contributed by atoms with Crippen molar-refractivity contribution in [3.63, 3.8) is 0 Å². The average molecular weight is 137 g/mol. The van der Waals surface area contributed by atoms with Crippen molar-refractivity contribution in [3.8, 4) is 0 Å². The molecule has 56 valence electrons. The maximum Gasteiger partial charge on any atom is 0.0274 e. The molecule has 0 spiro atoms. The van der Waals surface area contributed by atoms with Gasteiger partial charge in [0, 0.05) is 12.1 Å². The highest BCUT2D eigenvalue weighted by atomic mass is 15.3. The van der Waals surface area contributed by atoms with Gasteiger partial charge in [0.2, 0.25) is 0 Å². The fraction of sp³-hybridized carbons (Fsp3) is 1.00. The molecule has 1 saturated heterocycles. The smallest absolute Gasteiger partial charge is 0.0274 e. The molecular formula is C9H15N. The molecule has 0 aromatic carbocycles. The van der Waals surface area contributed by atoms with Crippen LogP contribution in [0.3, 0.4) is 0 Å². The first-order valence-corrected chi connectivity index (χ1v) is 4.52. The van der Waals surface area contributed by atoms with Crippen molar-refractivity contribution in [3.05, 3.63) is 0 Å². The number of hydrogen-bond acceptors (Lipinski definition) is 1. The Bertz CT molecular complexity index is 181. The Kier molecular flexibility index (Phi) is 0.722. The Balaban J connectivity index is 1.67. The Morgan fingerprint density at radius 3 is 2.50 bits per heavy atom. The van der Waals surface area contributed by atoms with E-state index in [0.717, 1.165) is 29.3 Å². The van der Waals surface area contributed by atoms with Crippen molar-refractivity contribution in [2.75, 3.05) is 0 Å². The zero-order chi connectivity index (χ0) is 6.93. The summed E-state index contributed by atoms with van der Waals surface area (Å²) in [6, 6.07) is 1.97.